The lowest BCUT2D eigenvalue weighted by Gasteiger charge is -2.39. The zero-order valence-electron chi connectivity index (χ0n) is 24.2. The average Bonchev–Trinajstić information content (AvgIpc) is 3.26. The van der Waals surface area contributed by atoms with Crippen molar-refractivity contribution in [2.45, 2.75) is 52.4 Å². The number of hydrogen-bond acceptors (Lipinski definition) is 8. The number of carboxylic acids is 1. The summed E-state index contributed by atoms with van der Waals surface area (Å²) in [5.41, 5.74) is 3.65. The molecule has 226 valence electrons. The largest absolute Gasteiger partial charge is 0.480 e. The predicted molar refractivity (Wildman–Crippen MR) is 153 cm³/mol. The minimum atomic E-state index is -2.93. The number of carbonyl (C=O) groups excluding carboxylic acids is 1. The Morgan fingerprint density at radius 1 is 1.07 bits per heavy atom. The second-order valence-corrected chi connectivity index (χ2v) is 11.2. The number of aryl methyl sites for hydroxylation is 1. The molecule has 0 aliphatic carbocycles. The lowest BCUT2D eigenvalue weighted by atomic mass is 10.1. The molecule has 0 spiro atoms. The van der Waals surface area contributed by atoms with Crippen LogP contribution in [0.2, 0.25) is 0 Å². The van der Waals surface area contributed by atoms with Crippen LogP contribution in [0.3, 0.4) is 0 Å². The molecule has 1 aliphatic heterocycles. The molecule has 1 aliphatic rings. The number of fused-ring (bicyclic) bond motifs is 1. The molecule has 0 saturated carbocycles. The molecule has 0 bridgehead atoms. The number of benzene rings is 1. The highest BCUT2D eigenvalue weighted by atomic mass is 19.3. The van der Waals surface area contributed by atoms with Gasteiger partial charge in [-0.3, -0.25) is 4.90 Å². The number of hydrogen-bond donors (Lipinski definition) is 1. The number of amides is 1. The van der Waals surface area contributed by atoms with Crippen LogP contribution in [-0.4, -0.2) is 79.3 Å². The predicted octanol–water partition coefficient (Wildman–Crippen LogP) is 4.80. The van der Waals surface area contributed by atoms with Crippen LogP contribution in [0.1, 0.15) is 37.7 Å². The minimum absolute atomic E-state index is 0.00824. The molecular weight excluding hydrogens is 562 g/mol. The van der Waals surface area contributed by atoms with Gasteiger partial charge < -0.3 is 23.9 Å². The van der Waals surface area contributed by atoms with Gasteiger partial charge in [-0.05, 0) is 45.9 Å². The van der Waals surface area contributed by atoms with Crippen LogP contribution in [0.5, 0.6) is 5.75 Å². The van der Waals surface area contributed by atoms with E-state index in [1.54, 1.807) is 56.3 Å². The van der Waals surface area contributed by atoms with E-state index >= 15 is 0 Å². The van der Waals surface area contributed by atoms with E-state index < -0.39 is 30.3 Å². The summed E-state index contributed by atoms with van der Waals surface area (Å²) < 4.78 is 37.9. The average molecular weight is 595 g/mol. The fourth-order valence-corrected chi connectivity index (χ4v) is 4.98. The highest BCUT2D eigenvalue weighted by Gasteiger charge is 2.38. The number of nitrogens with zero attached hydrogens (tertiary/aromatic N) is 6. The second kappa shape index (κ2) is 11.8. The maximum absolute atomic E-state index is 13.0. The molecule has 3 aromatic heterocycles. The van der Waals surface area contributed by atoms with Crippen molar-refractivity contribution in [1.29, 1.82) is 0 Å². The van der Waals surface area contributed by atoms with Crippen molar-refractivity contribution in [3.05, 3.63) is 71.9 Å². The number of aromatic nitrogens is 4. The Labute approximate surface area is 246 Å². The van der Waals surface area contributed by atoms with E-state index in [0.717, 1.165) is 17.0 Å². The molecule has 11 nitrogen and oxygen atoms in total. The standard InChI is InChI=1S/C30H32F2N6O5/c1-18-22(13-19-7-5-6-8-24(19)42-27(31)32)38-16-20(9-10-25(38)35-18)21-14-33-28(34-15-21)36-11-12-37(23(17-36)26(39)40)29(41)43-30(2,3)4/h5-10,14-16,23,27H,11-13,17H2,1-4H3,(H,39,40). The molecule has 4 aromatic rings. The quantitative estimate of drug-likeness (QED) is 0.321. The fraction of sp³-hybridized carbons (Fsp3) is 0.367. The van der Waals surface area contributed by atoms with Gasteiger partial charge in [0.1, 0.15) is 17.0 Å². The third-order valence-corrected chi connectivity index (χ3v) is 7.01. The van der Waals surface area contributed by atoms with Crippen LogP contribution in [-0.2, 0) is 16.0 Å². The fourth-order valence-electron chi connectivity index (χ4n) is 4.98. The van der Waals surface area contributed by atoms with Gasteiger partial charge in [0.15, 0.2) is 6.04 Å². The maximum atomic E-state index is 13.0. The number of pyridine rings is 1. The first-order valence-electron chi connectivity index (χ1n) is 13.7. The van der Waals surface area contributed by atoms with Gasteiger partial charge in [0.25, 0.3) is 0 Å². The Hall–Kier alpha value is -4.81. The van der Waals surface area contributed by atoms with Crippen LogP contribution < -0.4 is 9.64 Å². The van der Waals surface area contributed by atoms with Gasteiger partial charge in [-0.1, -0.05) is 18.2 Å². The molecule has 1 saturated heterocycles. The van der Waals surface area contributed by atoms with E-state index in [2.05, 4.69) is 15.0 Å². The van der Waals surface area contributed by atoms with E-state index in [9.17, 15) is 23.5 Å². The van der Waals surface area contributed by atoms with E-state index in [4.69, 9.17) is 9.47 Å². The van der Waals surface area contributed by atoms with Crippen molar-refractivity contribution in [3.63, 3.8) is 0 Å². The van der Waals surface area contributed by atoms with Crippen molar-refractivity contribution < 1.29 is 33.0 Å². The molecule has 43 heavy (non-hydrogen) atoms. The van der Waals surface area contributed by atoms with Gasteiger partial charge in [-0.15, -0.1) is 0 Å². The second-order valence-electron chi connectivity index (χ2n) is 11.2. The van der Waals surface area contributed by atoms with Gasteiger partial charge in [-0.25, -0.2) is 24.5 Å². The number of carboxylic acid groups (broad SMARTS) is 1. The van der Waals surface area contributed by atoms with Gasteiger partial charge in [0.05, 0.1) is 12.2 Å². The monoisotopic (exact) mass is 594 g/mol. The number of aliphatic carboxylic acids is 1. The maximum Gasteiger partial charge on any atom is 0.411 e. The van der Waals surface area contributed by atoms with Crippen LogP contribution in [0.4, 0.5) is 19.5 Å². The van der Waals surface area contributed by atoms with Gasteiger partial charge >= 0.3 is 18.7 Å². The van der Waals surface area contributed by atoms with Gasteiger partial charge in [0.2, 0.25) is 5.95 Å². The summed E-state index contributed by atoms with van der Waals surface area (Å²) in [6.07, 6.45) is 4.84. The highest BCUT2D eigenvalue weighted by molar-refractivity contribution is 5.81. The number of anilines is 1. The number of para-hydroxylation sites is 1. The highest BCUT2D eigenvalue weighted by Crippen LogP contribution is 2.27. The first-order valence-corrected chi connectivity index (χ1v) is 13.7. The Balaban J connectivity index is 1.36. The molecule has 0 radical (unpaired) electrons. The van der Waals surface area contributed by atoms with Crippen LogP contribution in [0.25, 0.3) is 16.8 Å². The number of rotatable bonds is 7. The summed E-state index contributed by atoms with van der Waals surface area (Å²) in [4.78, 5) is 41.2. The SMILES string of the molecule is Cc1nc2ccc(-c3cnc(N4CCN(C(=O)OC(C)(C)C)C(C(=O)O)C4)nc3)cn2c1Cc1ccccc1OC(F)F. The number of halogens is 2. The Morgan fingerprint density at radius 2 is 1.79 bits per heavy atom. The molecule has 1 fully saturated rings. The minimum Gasteiger partial charge on any atom is -0.480 e. The third-order valence-electron chi connectivity index (χ3n) is 7.01. The Morgan fingerprint density at radius 3 is 2.47 bits per heavy atom. The molecule has 1 amide bonds. The molecule has 5 rings (SSSR count). The van der Waals surface area contributed by atoms with Gasteiger partial charge in [0, 0.05) is 60.5 Å². The molecule has 4 heterocycles. The number of piperazine rings is 1. The summed E-state index contributed by atoms with van der Waals surface area (Å²) in [6.45, 7) is 4.60. The van der Waals surface area contributed by atoms with Crippen LogP contribution >= 0.6 is 0 Å². The zero-order chi connectivity index (χ0) is 30.9. The lowest BCUT2D eigenvalue weighted by molar-refractivity contribution is -0.143. The molecular formula is C30H32F2N6O5. The van der Waals surface area contributed by atoms with E-state index in [1.807, 2.05) is 29.7 Å². The lowest BCUT2D eigenvalue weighted by Crippen LogP contribution is -2.59. The first kappa shape index (κ1) is 29.7. The summed E-state index contributed by atoms with van der Waals surface area (Å²) in [6, 6.07) is 9.30. The summed E-state index contributed by atoms with van der Waals surface area (Å²) in [7, 11) is 0. The van der Waals surface area contributed by atoms with Crippen molar-refractivity contribution in [2.75, 3.05) is 24.5 Å². The molecule has 13 heteroatoms. The smallest absolute Gasteiger partial charge is 0.411 e. The van der Waals surface area contributed by atoms with Gasteiger partial charge in [-0.2, -0.15) is 8.78 Å². The van der Waals surface area contributed by atoms with E-state index in [1.165, 1.54) is 11.0 Å². The Kier molecular flexibility index (Phi) is 8.16. The van der Waals surface area contributed by atoms with Crippen molar-refractivity contribution in [2.24, 2.45) is 0 Å². The molecule has 1 atom stereocenters. The number of ether oxygens (including phenoxy) is 2. The van der Waals surface area contributed by atoms with Crippen LogP contribution in [0, 0.1) is 6.92 Å². The Bertz CT molecular complexity index is 1640. The third kappa shape index (κ3) is 6.65. The number of carbonyl (C=O) groups is 2. The van der Waals surface area contributed by atoms with E-state index in [-0.39, 0.29) is 18.8 Å². The van der Waals surface area contributed by atoms with E-state index in [0.29, 0.717) is 35.7 Å². The normalized spacial score (nSPS) is 15.7. The molecule has 1 unspecified atom stereocenters. The van der Waals surface area contributed by atoms with Crippen molar-refractivity contribution in [3.8, 4) is 16.9 Å². The summed E-state index contributed by atoms with van der Waals surface area (Å²) in [5.74, 6) is -0.686. The molecule has 1 aromatic carbocycles. The zero-order valence-corrected chi connectivity index (χ0v) is 24.2. The van der Waals surface area contributed by atoms with Crippen molar-refractivity contribution >= 4 is 23.7 Å². The topological polar surface area (TPSA) is 122 Å². The summed E-state index contributed by atoms with van der Waals surface area (Å²) in [5, 5.41) is 9.81. The molecule has 1 N–H and O–H groups in total. The van der Waals surface area contributed by atoms with Crippen LogP contribution in [0.15, 0.2) is 55.0 Å². The first-order chi connectivity index (χ1) is 20.4. The number of alkyl halides is 2. The van der Waals surface area contributed by atoms with Crippen molar-refractivity contribution in [1.82, 2.24) is 24.3 Å². The number of imidazole rings is 1. The summed E-state index contributed by atoms with van der Waals surface area (Å²) >= 11 is 0.